The summed E-state index contributed by atoms with van der Waals surface area (Å²) in [5.74, 6) is 0.207. The van der Waals surface area contributed by atoms with E-state index in [-0.39, 0.29) is 15.7 Å². The molecule has 0 radical (unpaired) electrons. The molecule has 27 heavy (non-hydrogen) atoms. The summed E-state index contributed by atoms with van der Waals surface area (Å²) in [5.41, 5.74) is 1.05. The molecule has 0 unspecified atom stereocenters. The summed E-state index contributed by atoms with van der Waals surface area (Å²) in [5, 5.41) is 2.12. The minimum atomic E-state index is -3.77. The molecule has 2 atom stereocenters. The highest BCUT2D eigenvalue weighted by Gasteiger charge is 2.46. The van der Waals surface area contributed by atoms with Crippen LogP contribution >= 0.6 is 22.9 Å². The molecule has 148 valence electrons. The predicted molar refractivity (Wildman–Crippen MR) is 107 cm³/mol. The molecule has 10 heteroatoms. The van der Waals surface area contributed by atoms with Crippen LogP contribution in [0.3, 0.4) is 0 Å². The van der Waals surface area contributed by atoms with Crippen molar-refractivity contribution in [1.29, 1.82) is 0 Å². The molecule has 0 bridgehead atoms. The Morgan fingerprint density at radius 1 is 1.19 bits per heavy atom. The quantitative estimate of drug-likeness (QED) is 0.696. The Kier molecular flexibility index (Phi) is 6.17. The largest absolute Gasteiger partial charge is 0.497 e. The normalized spacial score (nSPS) is 22.0. The Hall–Kier alpha value is -1.13. The van der Waals surface area contributed by atoms with Gasteiger partial charge in [-0.2, -0.15) is 0 Å². The molecule has 6 nitrogen and oxygen atoms in total. The average Bonchev–Trinajstić information content (AvgIpc) is 3.19. The number of hydrogen-bond donors (Lipinski definition) is 1. The van der Waals surface area contributed by atoms with Gasteiger partial charge in [-0.3, -0.25) is 0 Å². The fourth-order valence-corrected chi connectivity index (χ4v) is 9.53. The van der Waals surface area contributed by atoms with Gasteiger partial charge >= 0.3 is 0 Å². The van der Waals surface area contributed by atoms with Gasteiger partial charge in [-0.05, 0) is 42.8 Å². The molecule has 2 aromatic rings. The van der Waals surface area contributed by atoms with E-state index in [0.717, 1.165) is 22.6 Å². The molecule has 1 saturated heterocycles. The topological polar surface area (TPSA) is 89.5 Å². The number of sulfone groups is 2. The number of thiophene rings is 1. The molecule has 2 heterocycles. The minimum absolute atomic E-state index is 0.108. The fourth-order valence-electron chi connectivity index (χ4n) is 3.11. The number of halogens is 1. The Labute approximate surface area is 168 Å². The number of nitrogens with one attached hydrogen (secondary N) is 1. The SMILES string of the molecule is COc1ccc(CCN[C@H]2CS(=O)(=O)C[C@@H]2S(=O)(=O)c2ccc(Cl)s2)cc1. The molecule has 1 aromatic carbocycles. The lowest BCUT2D eigenvalue weighted by molar-refractivity contribution is 0.414. The van der Waals surface area contributed by atoms with E-state index in [2.05, 4.69) is 5.32 Å². The van der Waals surface area contributed by atoms with Crippen LogP contribution in [0, 0.1) is 0 Å². The smallest absolute Gasteiger partial charge is 0.193 e. The fraction of sp³-hybridized carbons (Fsp3) is 0.412. The van der Waals surface area contributed by atoms with E-state index in [4.69, 9.17) is 16.3 Å². The first-order valence-electron chi connectivity index (χ1n) is 8.27. The van der Waals surface area contributed by atoms with Crippen LogP contribution in [0.5, 0.6) is 5.75 Å². The van der Waals surface area contributed by atoms with Gasteiger partial charge in [-0.25, -0.2) is 16.8 Å². The van der Waals surface area contributed by atoms with E-state index in [0.29, 0.717) is 17.3 Å². The summed E-state index contributed by atoms with van der Waals surface area (Å²) in [6.45, 7) is 0.476. The van der Waals surface area contributed by atoms with Crippen LogP contribution in [0.4, 0.5) is 0 Å². The van der Waals surface area contributed by atoms with Gasteiger partial charge in [0.2, 0.25) is 0 Å². The zero-order chi connectivity index (χ0) is 19.7. The van der Waals surface area contributed by atoms with Crippen LogP contribution in [-0.2, 0) is 26.1 Å². The molecule has 1 N–H and O–H groups in total. The third kappa shape index (κ3) is 4.83. The molecule has 1 fully saturated rings. The monoisotopic (exact) mass is 449 g/mol. The standard InChI is InChI=1S/C17H20ClNO5S3/c1-24-13-4-2-12(3-5-13)8-9-19-14-10-26(20,21)11-15(14)27(22,23)17-7-6-16(18)25-17/h2-7,14-15,19H,8-11H2,1H3/t14-,15-/m0/s1. The minimum Gasteiger partial charge on any atom is -0.497 e. The summed E-state index contributed by atoms with van der Waals surface area (Å²) < 4.78 is 55.5. The Morgan fingerprint density at radius 3 is 2.48 bits per heavy atom. The predicted octanol–water partition coefficient (Wildman–Crippen LogP) is 2.18. The third-order valence-electron chi connectivity index (χ3n) is 4.51. The summed E-state index contributed by atoms with van der Waals surface area (Å²) >= 11 is 6.80. The molecule has 3 rings (SSSR count). The molecular formula is C17H20ClNO5S3. The number of methoxy groups -OCH3 is 1. The van der Waals surface area contributed by atoms with E-state index < -0.39 is 31.0 Å². The van der Waals surface area contributed by atoms with Crippen LogP contribution < -0.4 is 10.1 Å². The van der Waals surface area contributed by atoms with Gasteiger partial charge in [0, 0.05) is 6.04 Å². The number of ether oxygens (including phenoxy) is 1. The van der Waals surface area contributed by atoms with Crippen molar-refractivity contribution in [2.75, 3.05) is 25.2 Å². The van der Waals surface area contributed by atoms with Gasteiger partial charge < -0.3 is 10.1 Å². The second-order valence-corrected chi connectivity index (χ2v) is 12.6. The molecular weight excluding hydrogens is 430 g/mol. The van der Waals surface area contributed by atoms with Crippen LogP contribution in [-0.4, -0.2) is 53.3 Å². The van der Waals surface area contributed by atoms with Crippen LogP contribution in [0.15, 0.2) is 40.6 Å². The summed E-state index contributed by atoms with van der Waals surface area (Å²) in [6, 6.07) is 9.85. The molecule has 0 aliphatic carbocycles. The van der Waals surface area contributed by atoms with E-state index in [1.165, 1.54) is 12.1 Å². The van der Waals surface area contributed by atoms with E-state index in [1.54, 1.807) is 7.11 Å². The second-order valence-electron chi connectivity index (χ2n) is 6.38. The van der Waals surface area contributed by atoms with Gasteiger partial charge in [0.15, 0.2) is 19.7 Å². The molecule has 0 spiro atoms. The highest BCUT2D eigenvalue weighted by Crippen LogP contribution is 2.32. The molecule has 1 aliphatic heterocycles. The third-order valence-corrected chi connectivity index (χ3v) is 10.4. The lowest BCUT2D eigenvalue weighted by Gasteiger charge is -2.19. The van der Waals surface area contributed by atoms with Crippen molar-refractivity contribution in [2.24, 2.45) is 0 Å². The lowest BCUT2D eigenvalue weighted by atomic mass is 10.1. The Balaban J connectivity index is 1.70. The van der Waals surface area contributed by atoms with Crippen molar-refractivity contribution >= 4 is 42.6 Å². The van der Waals surface area contributed by atoms with Crippen LogP contribution in [0.2, 0.25) is 4.34 Å². The highest BCUT2D eigenvalue weighted by molar-refractivity contribution is 7.97. The molecule has 0 saturated carbocycles. The average molecular weight is 450 g/mol. The van der Waals surface area contributed by atoms with E-state index in [9.17, 15) is 16.8 Å². The van der Waals surface area contributed by atoms with Crippen LogP contribution in [0.1, 0.15) is 5.56 Å². The van der Waals surface area contributed by atoms with Crippen molar-refractivity contribution in [1.82, 2.24) is 5.32 Å². The first-order chi connectivity index (χ1) is 12.7. The number of rotatable bonds is 7. The molecule has 1 aromatic heterocycles. The highest BCUT2D eigenvalue weighted by atomic mass is 35.5. The maximum absolute atomic E-state index is 12.9. The van der Waals surface area contributed by atoms with Crippen molar-refractivity contribution < 1.29 is 21.6 Å². The van der Waals surface area contributed by atoms with Gasteiger partial charge in [0.25, 0.3) is 0 Å². The van der Waals surface area contributed by atoms with E-state index in [1.807, 2.05) is 24.3 Å². The summed E-state index contributed by atoms with van der Waals surface area (Å²) in [4.78, 5) is 0. The molecule has 1 aliphatic rings. The first-order valence-corrected chi connectivity index (χ1v) is 12.8. The zero-order valence-electron chi connectivity index (χ0n) is 14.6. The second kappa shape index (κ2) is 8.08. The van der Waals surface area contributed by atoms with Crippen molar-refractivity contribution in [3.05, 3.63) is 46.3 Å². The van der Waals surface area contributed by atoms with E-state index >= 15 is 0 Å². The Bertz CT molecular complexity index is 999. The maximum Gasteiger partial charge on any atom is 0.193 e. The van der Waals surface area contributed by atoms with Crippen molar-refractivity contribution in [3.63, 3.8) is 0 Å². The van der Waals surface area contributed by atoms with Crippen LogP contribution in [0.25, 0.3) is 0 Å². The Morgan fingerprint density at radius 2 is 1.89 bits per heavy atom. The van der Waals surface area contributed by atoms with Gasteiger partial charge in [-0.1, -0.05) is 23.7 Å². The van der Waals surface area contributed by atoms with Gasteiger partial charge in [0.05, 0.1) is 28.2 Å². The van der Waals surface area contributed by atoms with Gasteiger partial charge in [0.1, 0.15) is 9.96 Å². The zero-order valence-corrected chi connectivity index (χ0v) is 17.8. The summed E-state index contributed by atoms with van der Waals surface area (Å²) in [6.07, 6.45) is 0.651. The summed E-state index contributed by atoms with van der Waals surface area (Å²) in [7, 11) is -5.59. The molecule has 0 amide bonds. The lowest BCUT2D eigenvalue weighted by Crippen LogP contribution is -2.43. The van der Waals surface area contributed by atoms with Crippen molar-refractivity contribution in [2.45, 2.75) is 21.9 Å². The maximum atomic E-state index is 12.9. The van der Waals surface area contributed by atoms with Crippen molar-refractivity contribution in [3.8, 4) is 5.75 Å². The first kappa shape index (κ1) is 20.6. The van der Waals surface area contributed by atoms with Gasteiger partial charge in [-0.15, -0.1) is 11.3 Å². The number of benzene rings is 1. The number of hydrogen-bond acceptors (Lipinski definition) is 7.